The van der Waals surface area contributed by atoms with E-state index in [1.807, 2.05) is 0 Å². The Kier molecular flexibility index (Phi) is 3.45. The molecule has 4 heterocycles. The van der Waals surface area contributed by atoms with Crippen LogP contribution in [0.25, 0.3) is 11.3 Å². The molecule has 0 amide bonds. The molecule has 2 aromatic rings. The van der Waals surface area contributed by atoms with Crippen molar-refractivity contribution in [2.75, 3.05) is 30.7 Å². The van der Waals surface area contributed by atoms with Crippen LogP contribution in [0.3, 0.4) is 0 Å². The predicted molar refractivity (Wildman–Crippen MR) is 101 cm³/mol. The van der Waals surface area contributed by atoms with Crippen LogP contribution in [0.5, 0.6) is 0 Å². The molecule has 4 aliphatic rings. The number of aromatic nitrogens is 2. The van der Waals surface area contributed by atoms with E-state index in [2.05, 4.69) is 44.5 Å². The third-order valence-corrected chi connectivity index (χ3v) is 6.27. The largest absolute Gasteiger partial charge is 0.368 e. The molecule has 0 atom stereocenters. The van der Waals surface area contributed by atoms with Gasteiger partial charge >= 0.3 is 0 Å². The number of hydrogen-bond donors (Lipinski definition) is 2. The average molecular weight is 335 g/mol. The summed E-state index contributed by atoms with van der Waals surface area (Å²) in [6, 6.07) is 8.59. The fraction of sp³-hybridized carbons (Fsp3) is 0.500. The molecule has 6 rings (SSSR count). The molecule has 0 unspecified atom stereocenters. The zero-order valence-electron chi connectivity index (χ0n) is 14.6. The Morgan fingerprint density at radius 3 is 2.56 bits per heavy atom. The molecule has 3 saturated heterocycles. The first-order valence-corrected chi connectivity index (χ1v) is 9.48. The van der Waals surface area contributed by atoms with Gasteiger partial charge < -0.3 is 16.0 Å². The minimum atomic E-state index is 0.190. The lowest BCUT2D eigenvalue weighted by molar-refractivity contribution is 0.0989. The summed E-state index contributed by atoms with van der Waals surface area (Å²) in [6.45, 7) is 3.58. The lowest BCUT2D eigenvalue weighted by atomic mass is 9.80. The fourth-order valence-corrected chi connectivity index (χ4v) is 4.75. The van der Waals surface area contributed by atoms with Gasteiger partial charge in [-0.15, -0.1) is 0 Å². The highest BCUT2D eigenvalue weighted by Crippen LogP contribution is 2.39. The lowest BCUT2D eigenvalue weighted by Crippen LogP contribution is -2.56. The van der Waals surface area contributed by atoms with Crippen LogP contribution in [0.2, 0.25) is 0 Å². The van der Waals surface area contributed by atoms with E-state index in [1.165, 1.54) is 55.6 Å². The van der Waals surface area contributed by atoms with Gasteiger partial charge in [-0.2, -0.15) is 4.98 Å². The summed E-state index contributed by atoms with van der Waals surface area (Å²) in [5.74, 6) is 1.36. The molecule has 5 nitrogen and oxygen atoms in total. The van der Waals surface area contributed by atoms with Crippen molar-refractivity contribution in [3.8, 4) is 11.3 Å². The van der Waals surface area contributed by atoms with Crippen molar-refractivity contribution < 1.29 is 0 Å². The van der Waals surface area contributed by atoms with Gasteiger partial charge in [0.05, 0.1) is 5.69 Å². The first kappa shape index (κ1) is 15.1. The molecule has 0 radical (unpaired) electrons. The molecule has 25 heavy (non-hydrogen) atoms. The van der Waals surface area contributed by atoms with E-state index in [0.29, 0.717) is 5.95 Å². The number of anilines is 2. The Morgan fingerprint density at radius 2 is 1.76 bits per heavy atom. The lowest BCUT2D eigenvalue weighted by Gasteiger charge is -2.49. The summed E-state index contributed by atoms with van der Waals surface area (Å²) in [4.78, 5) is 11.9. The maximum atomic E-state index is 6.12. The topological polar surface area (TPSA) is 67.1 Å². The monoisotopic (exact) mass is 335 g/mol. The Bertz CT molecular complexity index is 794. The summed E-state index contributed by atoms with van der Waals surface area (Å²) < 4.78 is 0. The number of rotatable bonds is 2. The first-order chi connectivity index (χ1) is 12.2. The van der Waals surface area contributed by atoms with Crippen LogP contribution in [0.4, 0.5) is 11.8 Å². The third kappa shape index (κ3) is 2.58. The van der Waals surface area contributed by atoms with Crippen LogP contribution >= 0.6 is 0 Å². The van der Waals surface area contributed by atoms with E-state index < -0.39 is 0 Å². The predicted octanol–water partition coefficient (Wildman–Crippen LogP) is 2.86. The molecule has 1 aromatic heterocycles. The van der Waals surface area contributed by atoms with Gasteiger partial charge in [0.2, 0.25) is 5.95 Å². The summed E-state index contributed by atoms with van der Waals surface area (Å²) in [7, 11) is 0. The van der Waals surface area contributed by atoms with Crippen LogP contribution in [-0.2, 0) is 12.8 Å². The van der Waals surface area contributed by atoms with Crippen LogP contribution < -0.4 is 11.1 Å². The minimum Gasteiger partial charge on any atom is -0.368 e. The number of nitrogens with two attached hydrogens (primary N) is 1. The van der Waals surface area contributed by atoms with Crippen LogP contribution in [0.15, 0.2) is 24.3 Å². The standard InChI is InChI=1S/C20H25N5/c21-19-22-17-15-6-2-1-4-14(15)5-3-7-16(17)18(23-19)24-20-8-11-25(12-9-20)13-10-20/h1-2,4,6H,3,5,7-13H2,(H3,21,22,23,24). The van der Waals surface area contributed by atoms with Gasteiger partial charge in [0, 0.05) is 36.3 Å². The van der Waals surface area contributed by atoms with Crippen molar-refractivity contribution in [2.24, 2.45) is 0 Å². The molecule has 3 aliphatic heterocycles. The molecule has 2 bridgehead atoms. The van der Waals surface area contributed by atoms with Gasteiger partial charge in [0.25, 0.3) is 0 Å². The van der Waals surface area contributed by atoms with Crippen molar-refractivity contribution in [1.82, 2.24) is 14.9 Å². The van der Waals surface area contributed by atoms with E-state index in [0.717, 1.165) is 30.8 Å². The number of nitrogen functional groups attached to an aromatic ring is 1. The van der Waals surface area contributed by atoms with Gasteiger partial charge in [-0.1, -0.05) is 24.3 Å². The normalized spacial score (nSPS) is 27.3. The van der Waals surface area contributed by atoms with Gasteiger partial charge in [0.1, 0.15) is 5.82 Å². The summed E-state index contributed by atoms with van der Waals surface area (Å²) in [6.07, 6.45) is 6.82. The molecule has 3 N–H and O–H groups in total. The van der Waals surface area contributed by atoms with Crippen LogP contribution in [0.1, 0.15) is 36.8 Å². The number of fused-ring (bicyclic) bond motifs is 6. The van der Waals surface area contributed by atoms with Gasteiger partial charge in [0.15, 0.2) is 0 Å². The second-order valence-corrected chi connectivity index (χ2v) is 7.77. The molecule has 1 aliphatic carbocycles. The second kappa shape index (κ2) is 5.70. The highest BCUT2D eigenvalue weighted by atomic mass is 15.2. The van der Waals surface area contributed by atoms with E-state index in [1.54, 1.807) is 0 Å². The molecular weight excluding hydrogens is 310 g/mol. The smallest absolute Gasteiger partial charge is 0.222 e. The van der Waals surface area contributed by atoms with Gasteiger partial charge in [-0.05, 0) is 44.1 Å². The van der Waals surface area contributed by atoms with Gasteiger partial charge in [-0.3, -0.25) is 0 Å². The quantitative estimate of drug-likeness (QED) is 0.883. The maximum absolute atomic E-state index is 6.12. The van der Waals surface area contributed by atoms with Crippen molar-refractivity contribution in [3.63, 3.8) is 0 Å². The van der Waals surface area contributed by atoms with E-state index in [9.17, 15) is 0 Å². The molecule has 0 spiro atoms. The molecule has 1 aromatic carbocycles. The molecule has 0 saturated carbocycles. The number of aryl methyl sites for hydroxylation is 1. The Balaban J connectivity index is 1.59. The number of nitrogens with one attached hydrogen (secondary N) is 1. The fourth-order valence-electron chi connectivity index (χ4n) is 4.75. The van der Waals surface area contributed by atoms with E-state index >= 15 is 0 Å². The van der Waals surface area contributed by atoms with Crippen LogP contribution in [0, 0.1) is 0 Å². The number of nitrogens with zero attached hydrogens (tertiary/aromatic N) is 3. The second-order valence-electron chi connectivity index (χ2n) is 7.77. The van der Waals surface area contributed by atoms with Crippen molar-refractivity contribution in [3.05, 3.63) is 35.4 Å². The zero-order chi connectivity index (χ0) is 16.9. The highest BCUT2D eigenvalue weighted by Gasteiger charge is 2.40. The number of hydrogen-bond acceptors (Lipinski definition) is 5. The highest BCUT2D eigenvalue weighted by molar-refractivity contribution is 5.73. The Morgan fingerprint density at radius 1 is 1.00 bits per heavy atom. The summed E-state index contributed by atoms with van der Waals surface area (Å²) >= 11 is 0. The SMILES string of the molecule is Nc1nc(NC23CCN(CC2)CC3)c2c(n1)-c1ccccc1CCC2. The first-order valence-electron chi connectivity index (χ1n) is 9.48. The van der Waals surface area contributed by atoms with E-state index in [4.69, 9.17) is 5.73 Å². The third-order valence-electron chi connectivity index (χ3n) is 6.27. The van der Waals surface area contributed by atoms with Crippen molar-refractivity contribution in [2.45, 2.75) is 44.1 Å². The number of benzene rings is 1. The molecule has 5 heteroatoms. The molecule has 130 valence electrons. The minimum absolute atomic E-state index is 0.190. The average Bonchev–Trinajstić information content (AvgIpc) is 2.83. The summed E-state index contributed by atoms with van der Waals surface area (Å²) in [5, 5.41) is 3.85. The van der Waals surface area contributed by atoms with Gasteiger partial charge in [-0.25, -0.2) is 4.98 Å². The van der Waals surface area contributed by atoms with Crippen molar-refractivity contribution in [1.29, 1.82) is 0 Å². The maximum Gasteiger partial charge on any atom is 0.222 e. The summed E-state index contributed by atoms with van der Waals surface area (Å²) in [5.41, 5.74) is 11.2. The molecule has 3 fully saturated rings. The Hall–Kier alpha value is -2.14. The zero-order valence-corrected chi connectivity index (χ0v) is 14.6. The molecular formula is C20H25N5. The number of piperidine rings is 3. The van der Waals surface area contributed by atoms with Crippen molar-refractivity contribution >= 4 is 11.8 Å². The van der Waals surface area contributed by atoms with E-state index in [-0.39, 0.29) is 5.54 Å². The Labute approximate surface area is 148 Å². The van der Waals surface area contributed by atoms with Crippen LogP contribution in [-0.4, -0.2) is 40.0 Å².